The molecule has 0 bridgehead atoms. The third-order valence-corrected chi connectivity index (χ3v) is 3.48. The van der Waals surface area contributed by atoms with E-state index in [9.17, 15) is 9.18 Å². The molecule has 0 N–H and O–H groups in total. The number of rotatable bonds is 3. The zero-order chi connectivity index (χ0) is 14.0. The Morgan fingerprint density at radius 3 is 2.84 bits per heavy atom. The van der Waals surface area contributed by atoms with E-state index in [2.05, 4.69) is 20.9 Å². The predicted molar refractivity (Wildman–Crippen MR) is 73.1 cm³/mol. The first-order valence-corrected chi connectivity index (χ1v) is 6.45. The molecule has 1 amide bonds. The molecule has 0 fully saturated rings. The third-order valence-electron chi connectivity index (χ3n) is 2.82. The summed E-state index contributed by atoms with van der Waals surface area (Å²) in [5.74, 6) is -0.178. The van der Waals surface area contributed by atoms with Gasteiger partial charge in [0.15, 0.2) is 0 Å². The first-order chi connectivity index (χ1) is 9.00. The molecule has 0 aliphatic rings. The number of hydrogen-bond donors (Lipinski definition) is 0. The molecule has 0 aliphatic heterocycles. The average Bonchev–Trinajstić information content (AvgIpc) is 2.74. The monoisotopic (exact) mass is 325 g/mol. The van der Waals surface area contributed by atoms with Gasteiger partial charge in [-0.05, 0) is 28.1 Å². The van der Waals surface area contributed by atoms with Gasteiger partial charge in [-0.1, -0.05) is 6.07 Å². The second-order valence-electron chi connectivity index (χ2n) is 4.21. The van der Waals surface area contributed by atoms with Gasteiger partial charge in [0.05, 0.1) is 12.1 Å². The Morgan fingerprint density at radius 1 is 1.53 bits per heavy atom. The van der Waals surface area contributed by atoms with Crippen molar-refractivity contribution in [3.8, 4) is 0 Å². The second kappa shape index (κ2) is 5.52. The number of aryl methyl sites for hydroxylation is 1. The molecule has 0 atom stereocenters. The molecule has 0 saturated heterocycles. The molecule has 4 nitrogen and oxygen atoms in total. The van der Waals surface area contributed by atoms with E-state index >= 15 is 0 Å². The van der Waals surface area contributed by atoms with Crippen LogP contribution in [0, 0.1) is 5.82 Å². The minimum atomic E-state index is -0.536. The number of halogens is 2. The van der Waals surface area contributed by atoms with Crippen molar-refractivity contribution in [1.29, 1.82) is 0 Å². The lowest BCUT2D eigenvalue weighted by Gasteiger charge is -2.18. The van der Waals surface area contributed by atoms with Crippen LogP contribution >= 0.6 is 15.9 Å². The van der Waals surface area contributed by atoms with E-state index in [0.29, 0.717) is 11.0 Å². The molecule has 6 heteroatoms. The van der Waals surface area contributed by atoms with Crippen molar-refractivity contribution in [2.75, 3.05) is 7.05 Å². The van der Waals surface area contributed by atoms with Crippen molar-refractivity contribution in [1.82, 2.24) is 14.5 Å². The summed E-state index contributed by atoms with van der Waals surface area (Å²) in [5, 5.41) is 0. The number of carbonyl (C=O) groups excluding carboxylic acids is 1. The molecule has 1 aromatic heterocycles. The molecule has 19 heavy (non-hydrogen) atoms. The summed E-state index contributed by atoms with van der Waals surface area (Å²) in [6.45, 7) is 0.323. The Kier molecular flexibility index (Phi) is 3.99. The summed E-state index contributed by atoms with van der Waals surface area (Å²) in [4.78, 5) is 17.8. The van der Waals surface area contributed by atoms with Gasteiger partial charge in [0.1, 0.15) is 11.6 Å². The lowest BCUT2D eigenvalue weighted by Crippen LogP contribution is -2.28. The first-order valence-electron chi connectivity index (χ1n) is 5.66. The summed E-state index contributed by atoms with van der Waals surface area (Å²) in [6.07, 6.45) is 3.46. The Labute approximate surface area is 119 Å². The Bertz CT molecular complexity index is 591. The standard InChI is InChI=1S/C13H13BrFN3O/c1-17-7-6-16-11(17)8-18(2)13(19)12-9(14)4-3-5-10(12)15/h3-7H,8H2,1-2H3. The molecule has 2 aromatic rings. The maximum absolute atomic E-state index is 13.7. The Hall–Kier alpha value is -1.69. The minimum absolute atomic E-state index is 0.0409. The number of imidazole rings is 1. The van der Waals surface area contributed by atoms with Crippen molar-refractivity contribution in [3.05, 3.63) is 52.3 Å². The predicted octanol–water partition coefficient (Wildman–Crippen LogP) is 2.59. The van der Waals surface area contributed by atoms with E-state index < -0.39 is 5.82 Å². The summed E-state index contributed by atoms with van der Waals surface area (Å²) in [5.41, 5.74) is 0.0409. The van der Waals surface area contributed by atoms with Crippen LogP contribution < -0.4 is 0 Å². The van der Waals surface area contributed by atoms with Gasteiger partial charge in [-0.15, -0.1) is 0 Å². The van der Waals surface area contributed by atoms with Crippen LogP contribution in [0.4, 0.5) is 4.39 Å². The number of amides is 1. The van der Waals surface area contributed by atoms with Crippen molar-refractivity contribution in [3.63, 3.8) is 0 Å². The van der Waals surface area contributed by atoms with E-state index in [4.69, 9.17) is 0 Å². The van der Waals surface area contributed by atoms with Gasteiger partial charge in [0.2, 0.25) is 0 Å². The highest BCUT2D eigenvalue weighted by molar-refractivity contribution is 9.10. The van der Waals surface area contributed by atoms with Gasteiger partial charge in [-0.3, -0.25) is 4.79 Å². The maximum atomic E-state index is 13.7. The molecular weight excluding hydrogens is 313 g/mol. The number of benzene rings is 1. The van der Waals surface area contributed by atoms with Gasteiger partial charge >= 0.3 is 0 Å². The normalized spacial score (nSPS) is 10.5. The fourth-order valence-electron chi connectivity index (χ4n) is 1.73. The highest BCUT2D eigenvalue weighted by Gasteiger charge is 2.20. The van der Waals surface area contributed by atoms with Crippen LogP contribution in [-0.2, 0) is 13.6 Å². The fourth-order valence-corrected chi connectivity index (χ4v) is 2.24. The Morgan fingerprint density at radius 2 is 2.26 bits per heavy atom. The Balaban J connectivity index is 2.22. The largest absolute Gasteiger partial charge is 0.337 e. The number of carbonyl (C=O) groups is 1. The molecule has 0 spiro atoms. The van der Waals surface area contributed by atoms with E-state index in [1.54, 1.807) is 31.6 Å². The van der Waals surface area contributed by atoms with Crippen molar-refractivity contribution in [2.45, 2.75) is 6.54 Å². The van der Waals surface area contributed by atoms with Crippen LogP contribution in [-0.4, -0.2) is 27.4 Å². The van der Waals surface area contributed by atoms with Gasteiger partial charge in [-0.25, -0.2) is 9.37 Å². The molecular formula is C13H13BrFN3O. The summed E-state index contributed by atoms with van der Waals surface area (Å²) in [7, 11) is 3.47. The number of hydrogen-bond acceptors (Lipinski definition) is 2. The van der Waals surface area contributed by atoms with Crippen LogP contribution in [0.15, 0.2) is 35.1 Å². The van der Waals surface area contributed by atoms with E-state index in [1.807, 2.05) is 11.6 Å². The highest BCUT2D eigenvalue weighted by atomic mass is 79.9. The molecule has 1 aromatic carbocycles. The number of aromatic nitrogens is 2. The van der Waals surface area contributed by atoms with Crippen molar-refractivity contribution in [2.24, 2.45) is 7.05 Å². The number of nitrogens with zero attached hydrogens (tertiary/aromatic N) is 3. The van der Waals surface area contributed by atoms with Crippen LogP contribution in [0.2, 0.25) is 0 Å². The van der Waals surface area contributed by atoms with Gasteiger partial charge in [-0.2, -0.15) is 0 Å². The molecule has 0 aliphatic carbocycles. The molecule has 0 radical (unpaired) electrons. The summed E-state index contributed by atoms with van der Waals surface area (Å²) < 4.78 is 16.0. The van der Waals surface area contributed by atoms with Crippen LogP contribution in [0.5, 0.6) is 0 Å². The average molecular weight is 326 g/mol. The maximum Gasteiger partial charge on any atom is 0.258 e. The van der Waals surface area contributed by atoms with Crippen LogP contribution in [0.25, 0.3) is 0 Å². The highest BCUT2D eigenvalue weighted by Crippen LogP contribution is 2.21. The summed E-state index contributed by atoms with van der Waals surface area (Å²) >= 11 is 3.20. The van der Waals surface area contributed by atoms with E-state index in [0.717, 1.165) is 5.82 Å². The lowest BCUT2D eigenvalue weighted by atomic mass is 10.2. The molecule has 1 heterocycles. The van der Waals surface area contributed by atoms with Gasteiger partial charge < -0.3 is 9.47 Å². The fraction of sp³-hybridized carbons (Fsp3) is 0.231. The summed E-state index contributed by atoms with van der Waals surface area (Å²) in [6, 6.07) is 4.46. The van der Waals surface area contributed by atoms with E-state index in [-0.39, 0.29) is 11.5 Å². The SMILES string of the molecule is CN(Cc1nccn1C)C(=O)c1c(F)cccc1Br. The lowest BCUT2D eigenvalue weighted by molar-refractivity contribution is 0.0775. The van der Waals surface area contributed by atoms with Crippen molar-refractivity contribution >= 4 is 21.8 Å². The zero-order valence-electron chi connectivity index (χ0n) is 10.6. The van der Waals surface area contributed by atoms with Gasteiger partial charge in [0.25, 0.3) is 5.91 Å². The zero-order valence-corrected chi connectivity index (χ0v) is 12.2. The van der Waals surface area contributed by atoms with Crippen LogP contribution in [0.3, 0.4) is 0 Å². The third kappa shape index (κ3) is 2.84. The first kappa shape index (κ1) is 13.7. The van der Waals surface area contributed by atoms with E-state index in [1.165, 1.54) is 11.0 Å². The topological polar surface area (TPSA) is 38.1 Å². The van der Waals surface area contributed by atoms with Crippen LogP contribution in [0.1, 0.15) is 16.2 Å². The van der Waals surface area contributed by atoms with Gasteiger partial charge in [0, 0.05) is 31.0 Å². The molecule has 0 unspecified atom stereocenters. The molecule has 100 valence electrons. The second-order valence-corrected chi connectivity index (χ2v) is 5.07. The quantitative estimate of drug-likeness (QED) is 0.870. The smallest absolute Gasteiger partial charge is 0.258 e. The van der Waals surface area contributed by atoms with Crippen molar-refractivity contribution < 1.29 is 9.18 Å². The molecule has 0 saturated carbocycles. The minimum Gasteiger partial charge on any atom is -0.337 e. The molecule has 2 rings (SSSR count).